The van der Waals surface area contributed by atoms with Gasteiger partial charge in [-0.3, -0.25) is 9.69 Å². The van der Waals surface area contributed by atoms with Gasteiger partial charge in [-0.1, -0.05) is 17.7 Å². The summed E-state index contributed by atoms with van der Waals surface area (Å²) in [5, 5.41) is 13.3. The fraction of sp³-hybridized carbons (Fsp3) is 0.364. The molecule has 0 radical (unpaired) electrons. The summed E-state index contributed by atoms with van der Waals surface area (Å²) in [5.74, 6) is -0.424. The van der Waals surface area contributed by atoms with Crippen LogP contribution in [0.25, 0.3) is 0 Å². The van der Waals surface area contributed by atoms with Gasteiger partial charge in [0, 0.05) is 27.2 Å². The number of guanidine groups is 1. The van der Waals surface area contributed by atoms with Crippen molar-refractivity contribution in [1.82, 2.24) is 14.8 Å². The number of halogens is 1. The molecule has 8 nitrogen and oxygen atoms in total. The highest BCUT2D eigenvalue weighted by atomic mass is 35.5. The second kappa shape index (κ2) is 6.80. The van der Waals surface area contributed by atoms with Gasteiger partial charge in [-0.05, 0) is 11.6 Å². The van der Waals surface area contributed by atoms with Crippen LogP contribution in [0.1, 0.15) is 12.5 Å². The zero-order chi connectivity index (χ0) is 15.3. The van der Waals surface area contributed by atoms with Crippen LogP contribution in [0.3, 0.4) is 0 Å². The largest absolute Gasteiger partial charge is 0.343 e. The predicted octanol–water partition coefficient (Wildman–Crippen LogP) is 1.19. The molecule has 0 N–H and O–H groups in total. The highest BCUT2D eigenvalue weighted by molar-refractivity contribution is 6.29. The molecule has 1 amide bonds. The maximum atomic E-state index is 11.7. The maximum absolute atomic E-state index is 11.7. The Balaban J connectivity index is 3.07. The summed E-state index contributed by atoms with van der Waals surface area (Å²) in [5.41, 5.74) is 0.683. The first-order valence-corrected chi connectivity index (χ1v) is 5.98. The van der Waals surface area contributed by atoms with Crippen molar-refractivity contribution < 1.29 is 9.83 Å². The Morgan fingerprint density at radius 2 is 2.15 bits per heavy atom. The number of pyridine rings is 1. The number of aromatic nitrogens is 1. The van der Waals surface area contributed by atoms with Gasteiger partial charge in [0.2, 0.25) is 5.91 Å². The average molecular weight is 300 g/mol. The molecule has 0 fully saturated rings. The number of amides is 1. The lowest BCUT2D eigenvalue weighted by atomic mass is 10.2. The molecule has 0 aliphatic rings. The number of hydrazone groups is 1. The van der Waals surface area contributed by atoms with Gasteiger partial charge in [0.1, 0.15) is 10.3 Å². The number of carbonyl (C=O) groups excluding carboxylic acids is 1. The van der Waals surface area contributed by atoms with Gasteiger partial charge in [-0.2, -0.15) is 0 Å². The lowest BCUT2D eigenvalue weighted by molar-refractivity contribution is -0.486. The molecule has 1 rings (SSSR count). The van der Waals surface area contributed by atoms with Crippen LogP contribution in [0.4, 0.5) is 0 Å². The van der Waals surface area contributed by atoms with Gasteiger partial charge in [-0.25, -0.2) is 15.1 Å². The summed E-state index contributed by atoms with van der Waals surface area (Å²) >= 11 is 5.68. The molecule has 1 aromatic rings. The maximum Gasteiger partial charge on any atom is 0.280 e. The monoisotopic (exact) mass is 299 g/mol. The van der Waals surface area contributed by atoms with Crippen LogP contribution in [0.5, 0.6) is 0 Å². The third-order valence-electron chi connectivity index (χ3n) is 2.32. The molecule has 9 heteroatoms. The molecule has 0 aliphatic carbocycles. The Labute approximate surface area is 120 Å². The van der Waals surface area contributed by atoms with E-state index in [9.17, 15) is 14.9 Å². The lowest BCUT2D eigenvalue weighted by Gasteiger charge is -2.24. The van der Waals surface area contributed by atoms with Crippen molar-refractivity contribution in [3.63, 3.8) is 0 Å². The predicted molar refractivity (Wildman–Crippen MR) is 73.6 cm³/mol. The number of nitro groups is 1. The summed E-state index contributed by atoms with van der Waals surface area (Å²) in [4.78, 5) is 28.7. The molecule has 1 aromatic heterocycles. The number of nitrogens with zero attached hydrogens (tertiary/aromatic N) is 5. The molecule has 0 saturated heterocycles. The zero-order valence-electron chi connectivity index (χ0n) is 11.3. The zero-order valence-corrected chi connectivity index (χ0v) is 12.0. The Morgan fingerprint density at radius 3 is 2.55 bits per heavy atom. The van der Waals surface area contributed by atoms with Crippen LogP contribution in [-0.4, -0.2) is 45.8 Å². The average Bonchev–Trinajstić information content (AvgIpc) is 2.35. The van der Waals surface area contributed by atoms with E-state index in [0.717, 1.165) is 0 Å². The van der Waals surface area contributed by atoms with Crippen molar-refractivity contribution in [1.29, 1.82) is 0 Å². The van der Waals surface area contributed by atoms with Gasteiger partial charge in [0.25, 0.3) is 5.96 Å². The van der Waals surface area contributed by atoms with Crippen LogP contribution in [0.2, 0.25) is 5.15 Å². The van der Waals surface area contributed by atoms with Crippen molar-refractivity contribution in [2.24, 2.45) is 5.10 Å². The number of rotatable bonds is 3. The van der Waals surface area contributed by atoms with E-state index in [2.05, 4.69) is 10.1 Å². The van der Waals surface area contributed by atoms with E-state index in [1.807, 2.05) is 0 Å². The molecule has 0 aliphatic heterocycles. The fourth-order valence-electron chi connectivity index (χ4n) is 1.46. The van der Waals surface area contributed by atoms with E-state index in [-0.39, 0.29) is 18.4 Å². The summed E-state index contributed by atoms with van der Waals surface area (Å²) < 4.78 is 0. The van der Waals surface area contributed by atoms with Crippen LogP contribution >= 0.6 is 11.6 Å². The Morgan fingerprint density at radius 1 is 1.50 bits per heavy atom. The Hall–Kier alpha value is -2.22. The van der Waals surface area contributed by atoms with Gasteiger partial charge < -0.3 is 4.90 Å². The molecular weight excluding hydrogens is 286 g/mol. The van der Waals surface area contributed by atoms with E-state index < -0.39 is 5.03 Å². The molecule has 0 saturated carbocycles. The molecule has 20 heavy (non-hydrogen) atoms. The SMILES string of the molecule is CC(=O)N(Cc1ccc(Cl)nc1)/C(=N/[N+](=O)[O-])N(C)C. The second-order valence-electron chi connectivity index (χ2n) is 4.13. The minimum Gasteiger partial charge on any atom is -0.343 e. The third-order valence-corrected chi connectivity index (χ3v) is 2.55. The van der Waals surface area contributed by atoms with E-state index in [0.29, 0.717) is 10.7 Å². The summed E-state index contributed by atoms with van der Waals surface area (Å²) in [6.45, 7) is 1.42. The van der Waals surface area contributed by atoms with E-state index in [4.69, 9.17) is 11.6 Å². The van der Waals surface area contributed by atoms with Crippen LogP contribution < -0.4 is 0 Å². The van der Waals surface area contributed by atoms with Crippen molar-refractivity contribution in [2.45, 2.75) is 13.5 Å². The number of carbonyl (C=O) groups is 1. The molecule has 108 valence electrons. The fourth-order valence-corrected chi connectivity index (χ4v) is 1.58. The molecular formula is C11H14ClN5O3. The van der Waals surface area contributed by atoms with E-state index >= 15 is 0 Å². The van der Waals surface area contributed by atoms with Gasteiger partial charge >= 0.3 is 0 Å². The normalized spacial score (nSPS) is 11.1. The summed E-state index contributed by atoms with van der Waals surface area (Å²) in [6.07, 6.45) is 1.50. The smallest absolute Gasteiger partial charge is 0.280 e. The first kappa shape index (κ1) is 15.8. The van der Waals surface area contributed by atoms with Crippen molar-refractivity contribution >= 4 is 23.5 Å². The van der Waals surface area contributed by atoms with Crippen molar-refractivity contribution in [3.8, 4) is 0 Å². The van der Waals surface area contributed by atoms with Gasteiger partial charge in [0.15, 0.2) is 5.03 Å². The molecule has 1 heterocycles. The summed E-state index contributed by atoms with van der Waals surface area (Å²) in [7, 11) is 3.14. The lowest BCUT2D eigenvalue weighted by Crippen LogP contribution is -2.43. The Bertz CT molecular complexity index is 529. The quantitative estimate of drug-likeness (QED) is 0.275. The van der Waals surface area contributed by atoms with Crippen molar-refractivity contribution in [3.05, 3.63) is 39.2 Å². The molecule has 0 spiro atoms. The van der Waals surface area contributed by atoms with Crippen LogP contribution in [0.15, 0.2) is 23.4 Å². The van der Waals surface area contributed by atoms with Crippen LogP contribution in [0, 0.1) is 10.1 Å². The van der Waals surface area contributed by atoms with Crippen LogP contribution in [-0.2, 0) is 11.3 Å². The molecule has 0 aromatic carbocycles. The topological polar surface area (TPSA) is 91.9 Å². The molecule has 0 atom stereocenters. The van der Waals surface area contributed by atoms with Crippen molar-refractivity contribution in [2.75, 3.05) is 14.1 Å². The number of hydrogen-bond donors (Lipinski definition) is 0. The van der Waals surface area contributed by atoms with Gasteiger partial charge in [0.05, 0.1) is 6.54 Å². The van der Waals surface area contributed by atoms with E-state index in [1.54, 1.807) is 26.2 Å². The summed E-state index contributed by atoms with van der Waals surface area (Å²) in [6, 6.07) is 3.26. The third kappa shape index (κ3) is 4.47. The Kier molecular flexibility index (Phi) is 5.39. The minimum absolute atomic E-state index is 0.0579. The number of hydrogen-bond acceptors (Lipinski definition) is 4. The van der Waals surface area contributed by atoms with Gasteiger partial charge in [-0.15, -0.1) is 0 Å². The highest BCUT2D eigenvalue weighted by Crippen LogP contribution is 2.10. The first-order valence-electron chi connectivity index (χ1n) is 5.60. The highest BCUT2D eigenvalue weighted by Gasteiger charge is 2.22. The molecule has 0 unspecified atom stereocenters. The standard InChI is InChI=1S/C11H14ClN5O3/c1-8(18)16(11(15(2)3)14-17(19)20)7-9-4-5-10(12)13-6-9/h4-6H,7H2,1-3H3/b14-11+. The minimum atomic E-state index is -0.842. The second-order valence-corrected chi connectivity index (χ2v) is 4.51. The van der Waals surface area contributed by atoms with E-state index in [1.165, 1.54) is 22.9 Å². The first-order chi connectivity index (χ1) is 9.31. The molecule has 0 bridgehead atoms.